The second-order valence-electron chi connectivity index (χ2n) is 7.81. The molecule has 1 atom stereocenters. The van der Waals surface area contributed by atoms with Gasteiger partial charge in [0, 0.05) is 28.6 Å². The van der Waals surface area contributed by atoms with Crippen LogP contribution in [0, 0.1) is 13.8 Å². The van der Waals surface area contributed by atoms with Crippen LogP contribution in [0.25, 0.3) is 0 Å². The number of halogens is 1. The van der Waals surface area contributed by atoms with E-state index in [-0.39, 0.29) is 5.91 Å². The molecule has 0 radical (unpaired) electrons. The summed E-state index contributed by atoms with van der Waals surface area (Å²) in [7, 11) is 0. The van der Waals surface area contributed by atoms with Crippen LogP contribution in [0.1, 0.15) is 27.5 Å². The zero-order chi connectivity index (χ0) is 23.9. The number of nitrogens with zero attached hydrogens (tertiary/aromatic N) is 2. The Balaban J connectivity index is 1.63. The van der Waals surface area contributed by atoms with E-state index in [4.69, 9.17) is 11.6 Å². The number of hydrogen-bond acceptors (Lipinski definition) is 4. The Labute approximate surface area is 209 Å². The molecule has 4 rings (SSSR count). The zero-order valence-electron chi connectivity index (χ0n) is 18.9. The first-order valence-electron chi connectivity index (χ1n) is 10.8. The van der Waals surface area contributed by atoms with Gasteiger partial charge >= 0.3 is 0 Å². The van der Waals surface area contributed by atoms with Crippen molar-refractivity contribution in [1.29, 1.82) is 0 Å². The summed E-state index contributed by atoms with van der Waals surface area (Å²) in [6.45, 7) is 4.09. The van der Waals surface area contributed by atoms with Gasteiger partial charge in [0.1, 0.15) is 10.4 Å². The summed E-state index contributed by atoms with van der Waals surface area (Å²) in [5, 5.41) is 3.03. The van der Waals surface area contributed by atoms with E-state index < -0.39 is 5.25 Å². The normalized spacial score (nSPS) is 12.0. The molecule has 1 N–H and O–H groups in total. The Kier molecular flexibility index (Phi) is 7.78. The maximum absolute atomic E-state index is 13.5. The SMILES string of the molecule is Cc1ccc(NC(=O)C(Sc2ccccc2N=Cc2cccnc2Cl)c2ccccc2)cc1C. The van der Waals surface area contributed by atoms with E-state index in [0.29, 0.717) is 5.15 Å². The van der Waals surface area contributed by atoms with Crippen LogP contribution in [-0.2, 0) is 4.79 Å². The molecule has 0 fully saturated rings. The number of pyridine rings is 1. The van der Waals surface area contributed by atoms with Gasteiger partial charge in [-0.25, -0.2) is 4.98 Å². The van der Waals surface area contributed by atoms with Gasteiger partial charge in [-0.2, -0.15) is 0 Å². The molecule has 34 heavy (non-hydrogen) atoms. The number of rotatable bonds is 7. The van der Waals surface area contributed by atoms with Crippen LogP contribution in [0.15, 0.2) is 101 Å². The van der Waals surface area contributed by atoms with Gasteiger partial charge in [-0.05, 0) is 66.9 Å². The van der Waals surface area contributed by atoms with Crippen molar-refractivity contribution in [2.75, 3.05) is 5.32 Å². The molecule has 4 nitrogen and oxygen atoms in total. The van der Waals surface area contributed by atoms with Gasteiger partial charge in [-0.1, -0.05) is 60.1 Å². The zero-order valence-corrected chi connectivity index (χ0v) is 20.5. The van der Waals surface area contributed by atoms with Gasteiger partial charge in [0.25, 0.3) is 0 Å². The Hall–Kier alpha value is -3.41. The Bertz CT molecular complexity index is 1320. The first kappa shape index (κ1) is 23.7. The molecular weight excluding hydrogens is 462 g/mol. The van der Waals surface area contributed by atoms with Crippen molar-refractivity contribution < 1.29 is 4.79 Å². The average Bonchev–Trinajstić information content (AvgIpc) is 2.85. The molecule has 0 saturated heterocycles. The second-order valence-corrected chi connectivity index (χ2v) is 9.31. The molecule has 0 saturated carbocycles. The summed E-state index contributed by atoms with van der Waals surface area (Å²) in [5.41, 5.74) is 5.52. The monoisotopic (exact) mass is 485 g/mol. The predicted molar refractivity (Wildman–Crippen MR) is 143 cm³/mol. The lowest BCUT2D eigenvalue weighted by Crippen LogP contribution is -2.19. The fourth-order valence-corrected chi connectivity index (χ4v) is 4.63. The molecule has 4 aromatic rings. The van der Waals surface area contributed by atoms with E-state index in [0.717, 1.165) is 33.0 Å². The predicted octanol–water partition coefficient (Wildman–Crippen LogP) is 7.57. The first-order chi connectivity index (χ1) is 16.5. The minimum Gasteiger partial charge on any atom is -0.325 e. The average molecular weight is 486 g/mol. The topological polar surface area (TPSA) is 54.4 Å². The second kappa shape index (κ2) is 11.1. The summed E-state index contributed by atoms with van der Waals surface area (Å²) in [4.78, 5) is 23.1. The minimum atomic E-state index is -0.457. The van der Waals surface area contributed by atoms with Gasteiger partial charge in [0.05, 0.1) is 5.69 Å². The summed E-state index contributed by atoms with van der Waals surface area (Å²) in [6, 6.07) is 27.2. The van der Waals surface area contributed by atoms with Gasteiger partial charge in [0.2, 0.25) is 5.91 Å². The molecule has 1 heterocycles. The van der Waals surface area contributed by atoms with Crippen molar-refractivity contribution >= 4 is 46.9 Å². The van der Waals surface area contributed by atoms with Gasteiger partial charge in [0.15, 0.2) is 0 Å². The molecule has 0 aliphatic carbocycles. The highest BCUT2D eigenvalue weighted by molar-refractivity contribution is 8.00. The number of anilines is 1. The summed E-state index contributed by atoms with van der Waals surface area (Å²) in [5.74, 6) is -0.0893. The molecule has 1 amide bonds. The van der Waals surface area contributed by atoms with Crippen LogP contribution in [0.2, 0.25) is 5.15 Å². The maximum atomic E-state index is 13.5. The molecule has 0 spiro atoms. The molecule has 0 aliphatic rings. The highest BCUT2D eigenvalue weighted by atomic mass is 35.5. The molecule has 6 heteroatoms. The number of aryl methyl sites for hydroxylation is 2. The van der Waals surface area contributed by atoms with E-state index in [1.54, 1.807) is 12.4 Å². The summed E-state index contributed by atoms with van der Waals surface area (Å²) in [6.07, 6.45) is 3.34. The van der Waals surface area contributed by atoms with Crippen LogP contribution < -0.4 is 5.32 Å². The number of amides is 1. The van der Waals surface area contributed by atoms with E-state index in [2.05, 4.69) is 22.2 Å². The molecule has 1 unspecified atom stereocenters. The number of hydrogen-bond donors (Lipinski definition) is 1. The number of aromatic nitrogens is 1. The third-order valence-corrected chi connectivity index (χ3v) is 6.99. The van der Waals surface area contributed by atoms with E-state index in [1.165, 1.54) is 17.3 Å². The Morgan fingerprint density at radius 2 is 1.74 bits per heavy atom. The molecule has 0 bridgehead atoms. The van der Waals surface area contributed by atoms with Gasteiger partial charge in [-0.15, -0.1) is 11.8 Å². The largest absolute Gasteiger partial charge is 0.325 e. The maximum Gasteiger partial charge on any atom is 0.242 e. The molecule has 3 aromatic carbocycles. The number of carbonyl (C=O) groups excluding carboxylic acids is 1. The smallest absolute Gasteiger partial charge is 0.242 e. The van der Waals surface area contributed by atoms with E-state index in [9.17, 15) is 4.79 Å². The quantitative estimate of drug-likeness (QED) is 0.167. The van der Waals surface area contributed by atoms with Crippen molar-refractivity contribution in [2.45, 2.75) is 24.0 Å². The summed E-state index contributed by atoms with van der Waals surface area (Å²) < 4.78 is 0. The molecule has 0 aliphatic heterocycles. The van der Waals surface area contributed by atoms with Crippen LogP contribution in [-0.4, -0.2) is 17.1 Å². The van der Waals surface area contributed by atoms with Crippen LogP contribution in [0.4, 0.5) is 11.4 Å². The lowest BCUT2D eigenvalue weighted by molar-refractivity contribution is -0.115. The lowest BCUT2D eigenvalue weighted by Gasteiger charge is -2.18. The number of thioether (sulfide) groups is 1. The standard InChI is InChI=1S/C28H24ClN3OS/c1-19-14-15-23(17-20(19)2)32-28(33)26(21-9-4-3-5-10-21)34-25-13-7-6-12-24(25)31-18-22-11-8-16-30-27(22)29/h3-18,26H,1-2H3,(H,32,33). The third-order valence-electron chi connectivity index (χ3n) is 5.36. The molecule has 170 valence electrons. The molecule has 1 aromatic heterocycles. The van der Waals surface area contributed by atoms with Gasteiger partial charge < -0.3 is 5.32 Å². The van der Waals surface area contributed by atoms with Crippen molar-refractivity contribution in [3.63, 3.8) is 0 Å². The highest BCUT2D eigenvalue weighted by Crippen LogP contribution is 2.40. The van der Waals surface area contributed by atoms with Crippen molar-refractivity contribution in [1.82, 2.24) is 4.98 Å². The van der Waals surface area contributed by atoms with E-state index >= 15 is 0 Å². The Morgan fingerprint density at radius 3 is 2.50 bits per heavy atom. The summed E-state index contributed by atoms with van der Waals surface area (Å²) >= 11 is 7.64. The van der Waals surface area contributed by atoms with Crippen LogP contribution >= 0.6 is 23.4 Å². The van der Waals surface area contributed by atoms with Crippen molar-refractivity contribution in [3.05, 3.63) is 119 Å². The molecular formula is C28H24ClN3OS. The van der Waals surface area contributed by atoms with Crippen LogP contribution in [0.5, 0.6) is 0 Å². The number of aliphatic imine (C=N–C) groups is 1. The van der Waals surface area contributed by atoms with Crippen molar-refractivity contribution in [2.24, 2.45) is 4.99 Å². The number of nitrogens with one attached hydrogen (secondary N) is 1. The lowest BCUT2D eigenvalue weighted by atomic mass is 10.1. The first-order valence-corrected chi connectivity index (χ1v) is 12.1. The van der Waals surface area contributed by atoms with Crippen molar-refractivity contribution in [3.8, 4) is 0 Å². The third kappa shape index (κ3) is 5.93. The Morgan fingerprint density at radius 1 is 0.971 bits per heavy atom. The fourth-order valence-electron chi connectivity index (χ4n) is 3.35. The van der Waals surface area contributed by atoms with Gasteiger partial charge in [-0.3, -0.25) is 9.79 Å². The highest BCUT2D eigenvalue weighted by Gasteiger charge is 2.23. The minimum absolute atomic E-state index is 0.0893. The number of benzene rings is 3. The van der Waals surface area contributed by atoms with Crippen LogP contribution in [0.3, 0.4) is 0 Å². The fraction of sp³-hybridized carbons (Fsp3) is 0.107. The number of carbonyl (C=O) groups is 1. The number of para-hydroxylation sites is 1. The van der Waals surface area contributed by atoms with E-state index in [1.807, 2.05) is 91.9 Å².